The van der Waals surface area contributed by atoms with Gasteiger partial charge in [0.05, 0.1) is 5.60 Å². The number of rotatable bonds is 7. The first-order valence-corrected chi connectivity index (χ1v) is 7.85. The molecule has 3 heteroatoms. The van der Waals surface area contributed by atoms with E-state index in [1.165, 1.54) is 25.7 Å². The molecule has 1 atom stereocenters. The van der Waals surface area contributed by atoms with E-state index in [2.05, 4.69) is 19.2 Å². The highest BCUT2D eigenvalue weighted by atomic mass is 32.2. The molecule has 0 bridgehead atoms. The van der Waals surface area contributed by atoms with E-state index in [0.29, 0.717) is 6.04 Å². The van der Waals surface area contributed by atoms with Crippen LogP contribution in [0.5, 0.6) is 0 Å². The van der Waals surface area contributed by atoms with Crippen LogP contribution < -0.4 is 5.32 Å². The fraction of sp³-hybridized carbons (Fsp3) is 1.00. The van der Waals surface area contributed by atoms with Gasteiger partial charge in [-0.2, -0.15) is 11.8 Å². The Labute approximate surface area is 105 Å². The number of hydrogen-bond acceptors (Lipinski definition) is 3. The van der Waals surface area contributed by atoms with Gasteiger partial charge in [0.1, 0.15) is 0 Å². The van der Waals surface area contributed by atoms with Gasteiger partial charge in [-0.15, -0.1) is 0 Å². The summed E-state index contributed by atoms with van der Waals surface area (Å²) in [5.74, 6) is 2.23. The highest BCUT2D eigenvalue weighted by Crippen LogP contribution is 2.26. The minimum atomic E-state index is -0.426. The van der Waals surface area contributed by atoms with E-state index >= 15 is 0 Å². The van der Waals surface area contributed by atoms with Gasteiger partial charge in [0, 0.05) is 12.6 Å². The average molecular weight is 245 g/mol. The fourth-order valence-corrected chi connectivity index (χ4v) is 3.35. The second-order valence-corrected chi connectivity index (χ2v) is 6.34. The van der Waals surface area contributed by atoms with E-state index in [0.717, 1.165) is 30.9 Å². The summed E-state index contributed by atoms with van der Waals surface area (Å²) in [6.45, 7) is 5.25. The lowest BCUT2D eigenvalue weighted by Crippen LogP contribution is -2.46. The molecule has 1 heterocycles. The lowest BCUT2D eigenvalue weighted by Gasteiger charge is -2.33. The number of hydrogen-bond donors (Lipinski definition) is 2. The minimum Gasteiger partial charge on any atom is -0.389 e. The molecule has 0 aromatic heterocycles. The zero-order valence-electron chi connectivity index (χ0n) is 10.8. The van der Waals surface area contributed by atoms with Crippen LogP contribution in [0.1, 0.15) is 52.4 Å². The van der Waals surface area contributed by atoms with Crippen LogP contribution in [0.25, 0.3) is 0 Å². The van der Waals surface area contributed by atoms with Crippen molar-refractivity contribution in [1.29, 1.82) is 0 Å². The van der Waals surface area contributed by atoms with Crippen LogP contribution in [0.2, 0.25) is 0 Å². The van der Waals surface area contributed by atoms with Crippen molar-refractivity contribution >= 4 is 11.8 Å². The van der Waals surface area contributed by atoms with Crippen molar-refractivity contribution in [3.63, 3.8) is 0 Å². The third kappa shape index (κ3) is 5.55. The standard InChI is InChI=1S/C13H27NOS/c1-3-4-5-6-12(2)14-11-13(15)7-9-16-10-8-13/h12,14-15H,3-11H2,1-2H3. The summed E-state index contributed by atoms with van der Waals surface area (Å²) in [5.41, 5.74) is -0.426. The lowest BCUT2D eigenvalue weighted by molar-refractivity contribution is 0.0298. The SMILES string of the molecule is CCCCCC(C)NCC1(O)CCSCC1. The molecule has 0 aromatic rings. The highest BCUT2D eigenvalue weighted by molar-refractivity contribution is 7.99. The quantitative estimate of drug-likeness (QED) is 0.677. The van der Waals surface area contributed by atoms with Crippen molar-refractivity contribution in [3.05, 3.63) is 0 Å². The third-order valence-electron chi connectivity index (χ3n) is 3.44. The largest absolute Gasteiger partial charge is 0.389 e. The van der Waals surface area contributed by atoms with Crippen molar-refractivity contribution in [2.45, 2.75) is 64.0 Å². The Morgan fingerprint density at radius 3 is 2.62 bits per heavy atom. The normalized spacial score (nSPS) is 21.9. The Kier molecular flexibility index (Phi) is 6.78. The summed E-state index contributed by atoms with van der Waals surface area (Å²) < 4.78 is 0. The maximum absolute atomic E-state index is 10.3. The summed E-state index contributed by atoms with van der Waals surface area (Å²) in [4.78, 5) is 0. The van der Waals surface area contributed by atoms with Gasteiger partial charge in [0.25, 0.3) is 0 Å². The molecule has 0 saturated carbocycles. The molecule has 2 N–H and O–H groups in total. The van der Waals surface area contributed by atoms with Crippen molar-refractivity contribution < 1.29 is 5.11 Å². The number of aliphatic hydroxyl groups is 1. The zero-order chi connectivity index (χ0) is 11.9. The second-order valence-electron chi connectivity index (χ2n) is 5.11. The van der Waals surface area contributed by atoms with Crippen LogP contribution in [0.4, 0.5) is 0 Å². The van der Waals surface area contributed by atoms with E-state index in [1.54, 1.807) is 0 Å². The molecule has 0 amide bonds. The van der Waals surface area contributed by atoms with Crippen LogP contribution in [0.3, 0.4) is 0 Å². The molecule has 0 aromatic carbocycles. The molecule has 1 unspecified atom stereocenters. The van der Waals surface area contributed by atoms with Crippen molar-refractivity contribution in [2.75, 3.05) is 18.1 Å². The number of thioether (sulfide) groups is 1. The highest BCUT2D eigenvalue weighted by Gasteiger charge is 2.29. The van der Waals surface area contributed by atoms with Gasteiger partial charge in [0.2, 0.25) is 0 Å². The van der Waals surface area contributed by atoms with Crippen LogP contribution in [0.15, 0.2) is 0 Å². The lowest BCUT2D eigenvalue weighted by atomic mass is 9.96. The first-order valence-electron chi connectivity index (χ1n) is 6.70. The molecule has 2 nitrogen and oxygen atoms in total. The molecule has 96 valence electrons. The first-order chi connectivity index (χ1) is 7.66. The van der Waals surface area contributed by atoms with Gasteiger partial charge in [-0.3, -0.25) is 0 Å². The summed E-state index contributed by atoms with van der Waals surface area (Å²) >= 11 is 1.96. The number of unbranched alkanes of at least 4 members (excludes halogenated alkanes) is 2. The molecule has 0 spiro atoms. The predicted molar refractivity (Wildman–Crippen MR) is 73.1 cm³/mol. The summed E-state index contributed by atoms with van der Waals surface area (Å²) in [7, 11) is 0. The van der Waals surface area contributed by atoms with Gasteiger partial charge in [-0.05, 0) is 37.7 Å². The zero-order valence-corrected chi connectivity index (χ0v) is 11.6. The summed E-state index contributed by atoms with van der Waals surface area (Å²) in [6.07, 6.45) is 7.05. The van der Waals surface area contributed by atoms with E-state index in [-0.39, 0.29) is 0 Å². The maximum Gasteiger partial charge on any atom is 0.0787 e. The van der Waals surface area contributed by atoms with Crippen molar-refractivity contribution in [1.82, 2.24) is 5.32 Å². The molecule has 0 radical (unpaired) electrons. The third-order valence-corrected chi connectivity index (χ3v) is 4.43. The summed E-state index contributed by atoms with van der Waals surface area (Å²) in [5, 5.41) is 13.8. The van der Waals surface area contributed by atoms with Gasteiger partial charge in [0.15, 0.2) is 0 Å². The molecule has 0 aliphatic carbocycles. The average Bonchev–Trinajstić information content (AvgIpc) is 2.28. The smallest absolute Gasteiger partial charge is 0.0787 e. The van der Waals surface area contributed by atoms with Crippen molar-refractivity contribution in [2.24, 2.45) is 0 Å². The molecule has 16 heavy (non-hydrogen) atoms. The molecule has 1 aliphatic heterocycles. The van der Waals surface area contributed by atoms with E-state index in [1.807, 2.05) is 11.8 Å². The molecular formula is C13H27NOS. The molecule has 1 rings (SSSR count). The minimum absolute atomic E-state index is 0.426. The Balaban J connectivity index is 2.12. The maximum atomic E-state index is 10.3. The van der Waals surface area contributed by atoms with E-state index in [9.17, 15) is 5.11 Å². The molecule has 1 fully saturated rings. The molecule has 1 saturated heterocycles. The molecular weight excluding hydrogens is 218 g/mol. The fourth-order valence-electron chi connectivity index (χ4n) is 2.09. The van der Waals surface area contributed by atoms with Gasteiger partial charge < -0.3 is 10.4 Å². The second kappa shape index (κ2) is 7.57. The van der Waals surface area contributed by atoms with Crippen molar-refractivity contribution in [3.8, 4) is 0 Å². The Hall–Kier alpha value is 0.270. The number of nitrogens with one attached hydrogen (secondary N) is 1. The Bertz CT molecular complexity index is 181. The predicted octanol–water partition coefficient (Wildman–Crippen LogP) is 2.80. The first kappa shape index (κ1) is 14.3. The van der Waals surface area contributed by atoms with Crippen LogP contribution >= 0.6 is 11.8 Å². The Morgan fingerprint density at radius 1 is 1.31 bits per heavy atom. The molecule has 1 aliphatic rings. The van der Waals surface area contributed by atoms with Gasteiger partial charge in [-0.25, -0.2) is 0 Å². The Morgan fingerprint density at radius 2 is 2.00 bits per heavy atom. The van der Waals surface area contributed by atoms with Crippen LogP contribution in [0, 0.1) is 0 Å². The van der Waals surface area contributed by atoms with E-state index in [4.69, 9.17) is 0 Å². The van der Waals surface area contributed by atoms with Gasteiger partial charge >= 0.3 is 0 Å². The summed E-state index contributed by atoms with van der Waals surface area (Å²) in [6, 6.07) is 0.546. The van der Waals surface area contributed by atoms with Gasteiger partial charge in [-0.1, -0.05) is 26.2 Å². The van der Waals surface area contributed by atoms with Crippen LogP contribution in [-0.2, 0) is 0 Å². The van der Waals surface area contributed by atoms with E-state index < -0.39 is 5.60 Å². The monoisotopic (exact) mass is 245 g/mol. The topological polar surface area (TPSA) is 32.3 Å². The van der Waals surface area contributed by atoms with Crippen LogP contribution in [-0.4, -0.2) is 34.8 Å².